The van der Waals surface area contributed by atoms with E-state index in [1.165, 1.54) is 20.3 Å². The number of piperidine rings is 1. The number of nitrogens with zero attached hydrogens (tertiary/aromatic N) is 1. The number of hydrogen-bond donors (Lipinski definition) is 2. The summed E-state index contributed by atoms with van der Waals surface area (Å²) in [6.07, 6.45) is 4.17. The van der Waals surface area contributed by atoms with E-state index in [1.807, 2.05) is 4.90 Å². The molecule has 10 heteroatoms. The van der Waals surface area contributed by atoms with Crippen LogP contribution in [0.4, 0.5) is 5.69 Å². The number of ether oxygens (including phenoxy) is 2. The number of benzene rings is 1. The highest BCUT2D eigenvalue weighted by atomic mass is 35.5. The number of methoxy groups -OCH3 is 2. The number of likely N-dealkylation sites (tertiary alicyclic amines) is 1. The number of carbonyl (C=O) groups is 1. The first-order valence-corrected chi connectivity index (χ1v) is 10.9. The topological polar surface area (TPSA) is 97.0 Å². The zero-order valence-corrected chi connectivity index (χ0v) is 18.0. The third-order valence-electron chi connectivity index (χ3n) is 5.46. The Labute approximate surface area is 172 Å². The van der Waals surface area contributed by atoms with Crippen LogP contribution in [0.2, 0.25) is 0 Å². The van der Waals surface area contributed by atoms with Gasteiger partial charge in [0.2, 0.25) is 10.0 Å². The quantitative estimate of drug-likeness (QED) is 0.733. The molecule has 0 radical (unpaired) electrons. The fraction of sp³-hybridized carbons (Fsp3) is 0.611. The smallest absolute Gasteiger partial charge is 0.254 e. The van der Waals surface area contributed by atoms with E-state index in [9.17, 15) is 13.2 Å². The molecule has 28 heavy (non-hydrogen) atoms. The van der Waals surface area contributed by atoms with Gasteiger partial charge in [-0.2, -0.15) is 0 Å². The number of nitrogens with one attached hydrogen (secondary N) is 2. The summed E-state index contributed by atoms with van der Waals surface area (Å²) in [5, 5.41) is 3.42. The second-order valence-electron chi connectivity index (χ2n) is 7.35. The minimum absolute atomic E-state index is 0. The third kappa shape index (κ3) is 4.82. The lowest BCUT2D eigenvalue weighted by Crippen LogP contribution is -2.44. The van der Waals surface area contributed by atoms with Gasteiger partial charge in [-0.05, 0) is 43.4 Å². The van der Waals surface area contributed by atoms with Gasteiger partial charge in [-0.1, -0.05) is 0 Å². The third-order valence-corrected chi connectivity index (χ3v) is 6.06. The summed E-state index contributed by atoms with van der Waals surface area (Å²) < 4.78 is 36.4. The summed E-state index contributed by atoms with van der Waals surface area (Å²) in [6, 6.07) is 3.10. The van der Waals surface area contributed by atoms with E-state index in [-0.39, 0.29) is 29.8 Å². The molecule has 0 aliphatic carbocycles. The maximum Gasteiger partial charge on any atom is 0.254 e. The van der Waals surface area contributed by atoms with Gasteiger partial charge in [0.1, 0.15) is 0 Å². The molecule has 2 heterocycles. The Hall–Kier alpha value is -1.71. The molecule has 2 aliphatic rings. The molecule has 1 aromatic carbocycles. The van der Waals surface area contributed by atoms with E-state index in [1.54, 1.807) is 6.07 Å². The van der Waals surface area contributed by atoms with Crippen LogP contribution in [0.1, 0.15) is 29.6 Å². The Morgan fingerprint density at radius 2 is 1.86 bits per heavy atom. The van der Waals surface area contributed by atoms with Gasteiger partial charge in [0, 0.05) is 25.2 Å². The van der Waals surface area contributed by atoms with E-state index in [0.717, 1.165) is 38.6 Å². The average Bonchev–Trinajstić information content (AvgIpc) is 3.07. The van der Waals surface area contributed by atoms with Crippen LogP contribution < -0.4 is 19.5 Å². The highest BCUT2D eigenvalue weighted by Gasteiger charge is 2.38. The number of anilines is 1. The molecule has 0 saturated carbocycles. The molecule has 8 nitrogen and oxygen atoms in total. The Kier molecular flexibility index (Phi) is 7.06. The first kappa shape index (κ1) is 22.6. The minimum Gasteiger partial charge on any atom is -0.493 e. The van der Waals surface area contributed by atoms with E-state index >= 15 is 0 Å². The lowest BCUT2D eigenvalue weighted by molar-refractivity contribution is 0.0607. The highest BCUT2D eigenvalue weighted by Crippen LogP contribution is 2.39. The van der Waals surface area contributed by atoms with Crippen molar-refractivity contribution in [2.75, 3.05) is 51.4 Å². The SMILES string of the molecule is COc1cc(C(=O)N2CCC3(CCNC3)CC2)cc(NS(C)(=O)=O)c1OC.Cl. The van der Waals surface area contributed by atoms with Crippen molar-refractivity contribution in [2.45, 2.75) is 19.3 Å². The fourth-order valence-electron chi connectivity index (χ4n) is 3.95. The van der Waals surface area contributed by atoms with Crippen molar-refractivity contribution in [3.63, 3.8) is 0 Å². The Morgan fingerprint density at radius 3 is 2.36 bits per heavy atom. The largest absolute Gasteiger partial charge is 0.493 e. The van der Waals surface area contributed by atoms with Gasteiger partial charge in [-0.15, -0.1) is 12.4 Å². The Balaban J connectivity index is 0.00000280. The molecule has 2 fully saturated rings. The second kappa shape index (κ2) is 8.75. The molecule has 1 amide bonds. The van der Waals surface area contributed by atoms with Crippen LogP contribution in [0.5, 0.6) is 11.5 Å². The van der Waals surface area contributed by atoms with E-state index < -0.39 is 10.0 Å². The number of rotatable bonds is 5. The van der Waals surface area contributed by atoms with Crippen molar-refractivity contribution in [1.29, 1.82) is 0 Å². The standard InChI is InChI=1S/C18H27N3O5S.ClH/c1-25-15-11-13(10-14(16(15)26-2)20-27(3,23)24)17(22)21-8-5-18(6-9-21)4-7-19-12-18;/h10-11,19-20H,4-9,12H2,1-3H3;1H. The lowest BCUT2D eigenvalue weighted by atomic mass is 9.78. The maximum absolute atomic E-state index is 13.0. The summed E-state index contributed by atoms with van der Waals surface area (Å²) in [4.78, 5) is 14.9. The Morgan fingerprint density at radius 1 is 1.18 bits per heavy atom. The van der Waals surface area contributed by atoms with Crippen molar-refractivity contribution in [1.82, 2.24) is 10.2 Å². The molecule has 3 rings (SSSR count). The Bertz CT molecular complexity index is 815. The number of sulfonamides is 1. The van der Waals surface area contributed by atoms with Gasteiger partial charge >= 0.3 is 0 Å². The number of carbonyl (C=O) groups excluding carboxylic acids is 1. The monoisotopic (exact) mass is 433 g/mol. The molecule has 0 bridgehead atoms. The minimum atomic E-state index is -3.53. The molecular weight excluding hydrogens is 406 g/mol. The van der Waals surface area contributed by atoms with Crippen LogP contribution in [0.3, 0.4) is 0 Å². The fourth-order valence-corrected chi connectivity index (χ4v) is 4.50. The molecule has 2 saturated heterocycles. The maximum atomic E-state index is 13.0. The molecule has 0 unspecified atom stereocenters. The summed E-state index contributed by atoms with van der Waals surface area (Å²) >= 11 is 0. The van der Waals surface area contributed by atoms with E-state index in [2.05, 4.69) is 10.0 Å². The molecule has 158 valence electrons. The number of amides is 1. The molecule has 1 aromatic rings. The van der Waals surface area contributed by atoms with Crippen LogP contribution in [0.15, 0.2) is 12.1 Å². The first-order valence-electron chi connectivity index (χ1n) is 9.01. The van der Waals surface area contributed by atoms with Crippen molar-refractivity contribution in [3.8, 4) is 11.5 Å². The van der Waals surface area contributed by atoms with Gasteiger partial charge in [-0.25, -0.2) is 8.42 Å². The predicted octanol–water partition coefficient (Wildman–Crippen LogP) is 1.71. The summed E-state index contributed by atoms with van der Waals surface area (Å²) in [5.41, 5.74) is 0.882. The van der Waals surface area contributed by atoms with Gasteiger partial charge in [0.05, 0.1) is 26.2 Å². The lowest BCUT2D eigenvalue weighted by Gasteiger charge is -2.39. The second-order valence-corrected chi connectivity index (χ2v) is 9.10. The van der Waals surface area contributed by atoms with Crippen LogP contribution in [-0.2, 0) is 10.0 Å². The van der Waals surface area contributed by atoms with Crippen molar-refractivity contribution >= 4 is 34.0 Å². The molecular formula is C18H28ClN3O5S. The van der Waals surface area contributed by atoms with Crippen molar-refractivity contribution in [3.05, 3.63) is 17.7 Å². The summed E-state index contributed by atoms with van der Waals surface area (Å²) in [7, 11) is -0.659. The van der Waals surface area contributed by atoms with E-state index in [0.29, 0.717) is 29.8 Å². The zero-order chi connectivity index (χ0) is 19.7. The normalized spacial score (nSPS) is 18.5. The average molecular weight is 434 g/mol. The van der Waals surface area contributed by atoms with Crippen LogP contribution in [0.25, 0.3) is 0 Å². The van der Waals surface area contributed by atoms with Crippen LogP contribution >= 0.6 is 12.4 Å². The van der Waals surface area contributed by atoms with Crippen molar-refractivity contribution in [2.24, 2.45) is 5.41 Å². The van der Waals surface area contributed by atoms with Gasteiger partial charge in [0.25, 0.3) is 5.91 Å². The van der Waals surface area contributed by atoms with Crippen LogP contribution in [-0.4, -0.2) is 65.9 Å². The van der Waals surface area contributed by atoms with Crippen molar-refractivity contribution < 1.29 is 22.7 Å². The highest BCUT2D eigenvalue weighted by molar-refractivity contribution is 7.92. The summed E-state index contributed by atoms with van der Waals surface area (Å²) in [6.45, 7) is 3.46. The molecule has 2 N–H and O–H groups in total. The molecule has 2 aliphatic heterocycles. The number of halogens is 1. The van der Waals surface area contributed by atoms with Gasteiger partial charge < -0.3 is 19.7 Å². The zero-order valence-electron chi connectivity index (χ0n) is 16.4. The molecule has 0 aromatic heterocycles. The molecule has 0 atom stereocenters. The van der Waals surface area contributed by atoms with Gasteiger partial charge in [-0.3, -0.25) is 9.52 Å². The summed E-state index contributed by atoms with van der Waals surface area (Å²) in [5.74, 6) is 0.422. The van der Waals surface area contributed by atoms with E-state index in [4.69, 9.17) is 9.47 Å². The number of hydrogen-bond acceptors (Lipinski definition) is 6. The molecule has 1 spiro atoms. The first-order chi connectivity index (χ1) is 12.8. The van der Waals surface area contributed by atoms with Gasteiger partial charge in [0.15, 0.2) is 11.5 Å². The predicted molar refractivity (Wildman–Crippen MR) is 110 cm³/mol. The van der Waals surface area contributed by atoms with Crippen LogP contribution in [0, 0.1) is 5.41 Å².